The van der Waals surface area contributed by atoms with Gasteiger partial charge >= 0.3 is 0 Å². The molecule has 1 aromatic carbocycles. The lowest BCUT2D eigenvalue weighted by molar-refractivity contribution is -0.385. The molecule has 138 valence electrons. The van der Waals surface area contributed by atoms with Crippen molar-refractivity contribution >= 4 is 23.4 Å². The fourth-order valence-electron chi connectivity index (χ4n) is 3.86. The minimum absolute atomic E-state index is 0.0189. The van der Waals surface area contributed by atoms with E-state index in [2.05, 4.69) is 0 Å². The van der Waals surface area contributed by atoms with Crippen molar-refractivity contribution in [1.82, 2.24) is 9.80 Å². The number of benzene rings is 1. The Hall–Kier alpha value is -2.77. The van der Waals surface area contributed by atoms with Crippen LogP contribution < -0.4 is 0 Å². The van der Waals surface area contributed by atoms with Crippen molar-refractivity contribution in [3.8, 4) is 0 Å². The first kappa shape index (κ1) is 18.0. The van der Waals surface area contributed by atoms with E-state index in [9.17, 15) is 24.5 Å². The third-order valence-corrected chi connectivity index (χ3v) is 5.25. The van der Waals surface area contributed by atoms with Crippen LogP contribution in [0.25, 0.3) is 0 Å². The molecule has 0 saturated carbocycles. The second-order valence-electron chi connectivity index (χ2n) is 6.70. The summed E-state index contributed by atoms with van der Waals surface area (Å²) in [5.74, 6) is -1.71. The van der Waals surface area contributed by atoms with Gasteiger partial charge in [0.1, 0.15) is 11.6 Å². The average Bonchev–Trinajstić information content (AvgIpc) is 2.91. The number of piperidine rings is 1. The minimum atomic E-state index is -0.992. The summed E-state index contributed by atoms with van der Waals surface area (Å²) in [6.07, 6.45) is 3.66. The highest BCUT2D eigenvalue weighted by Crippen LogP contribution is 2.32. The number of likely N-dealkylation sites (tertiary alicyclic amines) is 1. The molecule has 0 aliphatic carbocycles. The maximum atomic E-state index is 13.0. The summed E-state index contributed by atoms with van der Waals surface area (Å²) in [5.41, 5.74) is -0.658. The van der Waals surface area contributed by atoms with Crippen molar-refractivity contribution < 1.29 is 19.3 Å². The van der Waals surface area contributed by atoms with E-state index in [1.807, 2.05) is 6.92 Å². The summed E-state index contributed by atoms with van der Waals surface area (Å²) in [6, 6.07) is 3.06. The van der Waals surface area contributed by atoms with E-state index in [-0.39, 0.29) is 23.1 Å². The van der Waals surface area contributed by atoms with Crippen LogP contribution in [0.15, 0.2) is 18.2 Å². The number of rotatable bonds is 4. The zero-order valence-corrected chi connectivity index (χ0v) is 14.8. The lowest BCUT2D eigenvalue weighted by Crippen LogP contribution is -2.53. The van der Waals surface area contributed by atoms with Crippen molar-refractivity contribution in [2.45, 2.75) is 51.6 Å². The topological polar surface area (TPSA) is 101 Å². The second kappa shape index (κ2) is 6.86. The predicted molar refractivity (Wildman–Crippen MR) is 92.7 cm³/mol. The van der Waals surface area contributed by atoms with Crippen LogP contribution in [0.1, 0.15) is 60.2 Å². The largest absolute Gasteiger partial charge is 0.338 e. The number of hydrogen-bond donors (Lipinski definition) is 0. The highest BCUT2D eigenvalue weighted by molar-refractivity contribution is 6.24. The third kappa shape index (κ3) is 2.75. The zero-order chi connectivity index (χ0) is 19.0. The number of amides is 3. The number of carbonyl (C=O) groups is 3. The Morgan fingerprint density at radius 2 is 2.04 bits per heavy atom. The van der Waals surface area contributed by atoms with Crippen LogP contribution in [0.3, 0.4) is 0 Å². The molecule has 0 spiro atoms. The fourth-order valence-corrected chi connectivity index (χ4v) is 3.86. The smallest absolute Gasteiger partial charge is 0.282 e. The molecule has 3 rings (SSSR count). The summed E-state index contributed by atoms with van der Waals surface area (Å²) in [4.78, 5) is 51.5. The molecule has 0 aromatic heterocycles. The van der Waals surface area contributed by atoms with E-state index in [0.717, 1.165) is 30.6 Å². The van der Waals surface area contributed by atoms with Gasteiger partial charge in [0.25, 0.3) is 17.5 Å². The molecule has 1 saturated heterocycles. The maximum absolute atomic E-state index is 13.0. The highest BCUT2D eigenvalue weighted by Gasteiger charge is 2.46. The van der Waals surface area contributed by atoms with Gasteiger partial charge in [0.2, 0.25) is 5.91 Å². The zero-order valence-electron chi connectivity index (χ0n) is 14.8. The van der Waals surface area contributed by atoms with Gasteiger partial charge in [-0.2, -0.15) is 0 Å². The summed E-state index contributed by atoms with van der Waals surface area (Å²) >= 11 is 0. The summed E-state index contributed by atoms with van der Waals surface area (Å²) in [5, 5.41) is 11.2. The Balaban J connectivity index is 1.91. The standard InChI is InChI=1S/C18H21N3O5/c1-3-12-7-4-5-10-19(12)16(22)11(2)20-17(23)13-8-6-9-14(21(25)26)15(13)18(20)24/h6,8-9,11-12H,3-5,7,10H2,1-2H3. The van der Waals surface area contributed by atoms with Gasteiger partial charge < -0.3 is 4.90 Å². The number of nitrogens with zero attached hydrogens (tertiary/aromatic N) is 3. The second-order valence-corrected chi connectivity index (χ2v) is 6.70. The first-order valence-electron chi connectivity index (χ1n) is 8.84. The number of imide groups is 1. The maximum Gasteiger partial charge on any atom is 0.282 e. The Morgan fingerprint density at radius 3 is 2.69 bits per heavy atom. The molecule has 8 nitrogen and oxygen atoms in total. The lowest BCUT2D eigenvalue weighted by Gasteiger charge is -2.38. The number of fused-ring (bicyclic) bond motifs is 1. The first-order valence-corrected chi connectivity index (χ1v) is 8.84. The molecule has 0 radical (unpaired) electrons. The van der Waals surface area contributed by atoms with Crippen molar-refractivity contribution in [2.75, 3.05) is 6.54 Å². The predicted octanol–water partition coefficient (Wildman–Crippen LogP) is 2.37. The molecule has 2 aliphatic rings. The van der Waals surface area contributed by atoms with Crippen LogP contribution in [0.4, 0.5) is 5.69 Å². The van der Waals surface area contributed by atoms with Crippen LogP contribution in [-0.2, 0) is 4.79 Å². The van der Waals surface area contributed by atoms with Gasteiger partial charge in [0, 0.05) is 18.7 Å². The van der Waals surface area contributed by atoms with Gasteiger partial charge in [-0.15, -0.1) is 0 Å². The van der Waals surface area contributed by atoms with Gasteiger partial charge in [-0.3, -0.25) is 29.4 Å². The quantitative estimate of drug-likeness (QED) is 0.467. The molecule has 3 amide bonds. The summed E-state index contributed by atoms with van der Waals surface area (Å²) in [7, 11) is 0. The Labute approximate surface area is 150 Å². The lowest BCUT2D eigenvalue weighted by atomic mass is 9.99. The normalized spacial score (nSPS) is 20.9. The molecule has 1 fully saturated rings. The molecule has 2 heterocycles. The van der Waals surface area contributed by atoms with Crippen LogP contribution in [0.2, 0.25) is 0 Å². The van der Waals surface area contributed by atoms with Crippen LogP contribution >= 0.6 is 0 Å². The molecule has 2 atom stereocenters. The summed E-state index contributed by atoms with van der Waals surface area (Å²) in [6.45, 7) is 4.12. The molecule has 2 aliphatic heterocycles. The van der Waals surface area contributed by atoms with E-state index in [1.165, 1.54) is 25.1 Å². The van der Waals surface area contributed by atoms with Gasteiger partial charge in [0.05, 0.1) is 10.5 Å². The van der Waals surface area contributed by atoms with Gasteiger partial charge in [-0.25, -0.2) is 0 Å². The molecule has 0 N–H and O–H groups in total. The Morgan fingerprint density at radius 1 is 1.31 bits per heavy atom. The fraction of sp³-hybridized carbons (Fsp3) is 0.500. The third-order valence-electron chi connectivity index (χ3n) is 5.25. The van der Waals surface area contributed by atoms with Crippen molar-refractivity contribution in [1.29, 1.82) is 0 Å². The van der Waals surface area contributed by atoms with E-state index < -0.39 is 28.5 Å². The molecule has 1 aromatic rings. The molecule has 8 heteroatoms. The van der Waals surface area contributed by atoms with E-state index >= 15 is 0 Å². The van der Waals surface area contributed by atoms with Crippen molar-refractivity contribution in [2.24, 2.45) is 0 Å². The van der Waals surface area contributed by atoms with E-state index in [4.69, 9.17) is 0 Å². The van der Waals surface area contributed by atoms with Crippen LogP contribution in [0, 0.1) is 10.1 Å². The molecule has 26 heavy (non-hydrogen) atoms. The Bertz CT molecular complexity index is 791. The molecular formula is C18H21N3O5. The van der Waals surface area contributed by atoms with E-state index in [0.29, 0.717) is 6.54 Å². The van der Waals surface area contributed by atoms with Crippen LogP contribution in [-0.4, -0.2) is 51.1 Å². The van der Waals surface area contributed by atoms with Gasteiger partial charge in [-0.1, -0.05) is 13.0 Å². The molecular weight excluding hydrogens is 338 g/mol. The van der Waals surface area contributed by atoms with Crippen molar-refractivity contribution in [3.63, 3.8) is 0 Å². The SMILES string of the molecule is CCC1CCCCN1C(=O)C(C)N1C(=O)c2cccc([N+](=O)[O-])c2C1=O. The first-order chi connectivity index (χ1) is 12.4. The number of hydrogen-bond acceptors (Lipinski definition) is 5. The minimum Gasteiger partial charge on any atom is -0.338 e. The van der Waals surface area contributed by atoms with Gasteiger partial charge in [-0.05, 0) is 38.7 Å². The van der Waals surface area contributed by atoms with Gasteiger partial charge in [0.15, 0.2) is 0 Å². The Kier molecular flexibility index (Phi) is 4.76. The number of nitro benzene ring substituents is 1. The van der Waals surface area contributed by atoms with Crippen molar-refractivity contribution in [3.05, 3.63) is 39.4 Å². The molecule has 2 unspecified atom stereocenters. The summed E-state index contributed by atoms with van der Waals surface area (Å²) < 4.78 is 0. The monoisotopic (exact) mass is 359 g/mol. The van der Waals surface area contributed by atoms with E-state index in [1.54, 1.807) is 4.90 Å². The van der Waals surface area contributed by atoms with Crippen LogP contribution in [0.5, 0.6) is 0 Å². The average molecular weight is 359 g/mol. The number of nitro groups is 1. The number of carbonyl (C=O) groups excluding carboxylic acids is 3. The molecule has 0 bridgehead atoms. The highest BCUT2D eigenvalue weighted by atomic mass is 16.6.